The molecule has 6 heteroatoms. The van der Waals surface area contributed by atoms with Gasteiger partial charge in [0.2, 0.25) is 5.91 Å². The number of aromatic nitrogens is 1. The van der Waals surface area contributed by atoms with Gasteiger partial charge in [0.25, 0.3) is 0 Å². The summed E-state index contributed by atoms with van der Waals surface area (Å²) in [5.41, 5.74) is 6.04. The van der Waals surface area contributed by atoms with Crippen LogP contribution in [0.3, 0.4) is 0 Å². The molecular formula is C10H16N4O2. The van der Waals surface area contributed by atoms with Gasteiger partial charge in [-0.15, -0.1) is 0 Å². The Balaban J connectivity index is 2.64. The van der Waals surface area contributed by atoms with Gasteiger partial charge in [0.1, 0.15) is 5.82 Å². The Kier molecular flexibility index (Phi) is 4.68. The summed E-state index contributed by atoms with van der Waals surface area (Å²) in [7, 11) is 1.85. The molecule has 4 N–H and O–H groups in total. The lowest BCUT2D eigenvalue weighted by Gasteiger charge is -2.17. The van der Waals surface area contributed by atoms with Gasteiger partial charge in [-0.3, -0.25) is 4.79 Å². The summed E-state index contributed by atoms with van der Waals surface area (Å²) in [6, 6.07) is 3.51. The monoisotopic (exact) mass is 224 g/mol. The number of carbonyl (C=O) groups excluding carboxylic acids is 1. The maximum absolute atomic E-state index is 11.0. The highest BCUT2D eigenvalue weighted by molar-refractivity contribution is 5.91. The molecule has 16 heavy (non-hydrogen) atoms. The number of anilines is 2. The number of amides is 1. The molecule has 88 valence electrons. The molecule has 0 atom stereocenters. The van der Waals surface area contributed by atoms with Crippen molar-refractivity contribution >= 4 is 17.4 Å². The molecule has 0 fully saturated rings. The standard InChI is InChI=1S/C10H16N4O2/c1-14(4-5-15)8-2-3-9(12-7-8)13-10(16)6-11/h2-3,7,15H,4-6,11H2,1H3,(H,12,13,16). The van der Waals surface area contributed by atoms with Gasteiger partial charge in [0.05, 0.1) is 25.0 Å². The Labute approximate surface area is 94.1 Å². The fourth-order valence-electron chi connectivity index (χ4n) is 1.16. The number of nitrogens with one attached hydrogen (secondary N) is 1. The second-order valence-electron chi connectivity index (χ2n) is 3.30. The third-order valence-corrected chi connectivity index (χ3v) is 2.08. The van der Waals surface area contributed by atoms with Crippen LogP contribution in [0, 0.1) is 0 Å². The number of nitrogens with two attached hydrogens (primary N) is 1. The van der Waals surface area contributed by atoms with Gasteiger partial charge in [-0.25, -0.2) is 4.98 Å². The molecule has 1 aromatic rings. The number of carbonyl (C=O) groups is 1. The van der Waals surface area contributed by atoms with E-state index in [-0.39, 0.29) is 19.1 Å². The van der Waals surface area contributed by atoms with Crippen LogP contribution in [0.5, 0.6) is 0 Å². The molecule has 6 nitrogen and oxygen atoms in total. The first-order valence-electron chi connectivity index (χ1n) is 4.95. The molecule has 0 unspecified atom stereocenters. The zero-order chi connectivity index (χ0) is 12.0. The van der Waals surface area contributed by atoms with Crippen LogP contribution in [0.1, 0.15) is 0 Å². The van der Waals surface area contributed by atoms with Gasteiger partial charge in [0, 0.05) is 13.6 Å². The van der Waals surface area contributed by atoms with Crippen molar-refractivity contribution in [2.45, 2.75) is 0 Å². The molecule has 0 aliphatic rings. The summed E-state index contributed by atoms with van der Waals surface area (Å²) in [6.07, 6.45) is 1.63. The second kappa shape index (κ2) is 6.04. The van der Waals surface area contributed by atoms with Gasteiger partial charge in [-0.1, -0.05) is 0 Å². The zero-order valence-corrected chi connectivity index (χ0v) is 9.18. The molecule has 0 saturated heterocycles. The van der Waals surface area contributed by atoms with Crippen molar-refractivity contribution in [3.63, 3.8) is 0 Å². The third kappa shape index (κ3) is 3.48. The van der Waals surface area contributed by atoms with Crippen LogP contribution in [0.4, 0.5) is 11.5 Å². The average Bonchev–Trinajstić information content (AvgIpc) is 2.30. The quantitative estimate of drug-likeness (QED) is 0.621. The van der Waals surface area contributed by atoms with E-state index < -0.39 is 0 Å². The smallest absolute Gasteiger partial charge is 0.239 e. The first-order chi connectivity index (χ1) is 7.67. The maximum Gasteiger partial charge on any atom is 0.239 e. The molecule has 1 aromatic heterocycles. The van der Waals surface area contributed by atoms with E-state index >= 15 is 0 Å². The molecule has 0 aliphatic carbocycles. The number of nitrogens with zero attached hydrogens (tertiary/aromatic N) is 2. The van der Waals surface area contributed by atoms with E-state index in [1.807, 2.05) is 18.0 Å². The number of aliphatic hydroxyl groups excluding tert-OH is 1. The summed E-state index contributed by atoms with van der Waals surface area (Å²) in [5.74, 6) is 0.195. The fourth-order valence-corrected chi connectivity index (χ4v) is 1.16. The predicted octanol–water partition coefficient (Wildman–Crippen LogP) is -0.593. The Morgan fingerprint density at radius 2 is 2.38 bits per heavy atom. The molecule has 1 heterocycles. The van der Waals surface area contributed by atoms with E-state index in [2.05, 4.69) is 10.3 Å². The van der Waals surface area contributed by atoms with Crippen molar-refractivity contribution in [1.29, 1.82) is 0 Å². The third-order valence-electron chi connectivity index (χ3n) is 2.08. The number of pyridine rings is 1. The van der Waals surface area contributed by atoms with Crippen LogP contribution in [0.15, 0.2) is 18.3 Å². The van der Waals surface area contributed by atoms with Gasteiger partial charge < -0.3 is 21.1 Å². The van der Waals surface area contributed by atoms with Gasteiger partial charge in [0.15, 0.2) is 0 Å². The maximum atomic E-state index is 11.0. The average molecular weight is 224 g/mol. The highest BCUT2D eigenvalue weighted by Gasteiger charge is 2.02. The lowest BCUT2D eigenvalue weighted by atomic mass is 10.3. The normalized spacial score (nSPS) is 9.94. The largest absolute Gasteiger partial charge is 0.395 e. The summed E-state index contributed by atoms with van der Waals surface area (Å²) in [5, 5.41) is 11.3. The highest BCUT2D eigenvalue weighted by atomic mass is 16.3. The summed E-state index contributed by atoms with van der Waals surface area (Å²) in [4.78, 5) is 16.9. The van der Waals surface area contributed by atoms with Crippen molar-refractivity contribution < 1.29 is 9.90 Å². The molecule has 0 bridgehead atoms. The molecular weight excluding hydrogens is 208 g/mol. The molecule has 0 aliphatic heterocycles. The van der Waals surface area contributed by atoms with Crippen LogP contribution < -0.4 is 16.0 Å². The predicted molar refractivity (Wildman–Crippen MR) is 62.3 cm³/mol. The number of hydrogen-bond acceptors (Lipinski definition) is 5. The zero-order valence-electron chi connectivity index (χ0n) is 9.18. The fraction of sp³-hybridized carbons (Fsp3) is 0.400. The second-order valence-corrected chi connectivity index (χ2v) is 3.30. The number of hydrogen-bond donors (Lipinski definition) is 3. The van der Waals surface area contributed by atoms with Crippen LogP contribution in [-0.4, -0.2) is 42.7 Å². The van der Waals surface area contributed by atoms with Crippen molar-refractivity contribution in [3.8, 4) is 0 Å². The topological polar surface area (TPSA) is 91.5 Å². The van der Waals surface area contributed by atoms with E-state index in [1.54, 1.807) is 12.3 Å². The van der Waals surface area contributed by atoms with Crippen molar-refractivity contribution in [2.75, 3.05) is 37.0 Å². The summed E-state index contributed by atoms with van der Waals surface area (Å²) < 4.78 is 0. The minimum atomic E-state index is -0.274. The summed E-state index contributed by atoms with van der Waals surface area (Å²) >= 11 is 0. The van der Waals surface area contributed by atoms with Gasteiger partial charge in [-0.05, 0) is 12.1 Å². The van der Waals surface area contributed by atoms with E-state index in [0.29, 0.717) is 12.4 Å². The molecule has 1 amide bonds. The van der Waals surface area contributed by atoms with Crippen LogP contribution >= 0.6 is 0 Å². The number of rotatable bonds is 5. The Morgan fingerprint density at radius 1 is 1.62 bits per heavy atom. The Morgan fingerprint density at radius 3 is 2.88 bits per heavy atom. The minimum absolute atomic E-state index is 0.0617. The molecule has 0 spiro atoms. The Bertz CT molecular complexity index is 339. The molecule has 0 saturated carbocycles. The van der Waals surface area contributed by atoms with Gasteiger partial charge >= 0.3 is 0 Å². The van der Waals surface area contributed by atoms with Crippen molar-refractivity contribution in [2.24, 2.45) is 5.73 Å². The summed E-state index contributed by atoms with van der Waals surface area (Å²) in [6.45, 7) is 0.562. The number of aliphatic hydroxyl groups is 1. The first-order valence-corrected chi connectivity index (χ1v) is 4.95. The van der Waals surface area contributed by atoms with E-state index in [4.69, 9.17) is 10.8 Å². The van der Waals surface area contributed by atoms with Crippen molar-refractivity contribution in [3.05, 3.63) is 18.3 Å². The van der Waals surface area contributed by atoms with Crippen molar-refractivity contribution in [1.82, 2.24) is 4.98 Å². The van der Waals surface area contributed by atoms with Crippen LogP contribution in [0.25, 0.3) is 0 Å². The number of likely N-dealkylation sites (N-methyl/N-ethyl adjacent to an activating group) is 1. The van der Waals surface area contributed by atoms with Crippen LogP contribution in [0.2, 0.25) is 0 Å². The lowest BCUT2D eigenvalue weighted by Crippen LogP contribution is -2.23. The van der Waals surface area contributed by atoms with E-state index in [1.165, 1.54) is 0 Å². The Hall–Kier alpha value is -1.66. The first kappa shape index (κ1) is 12.4. The van der Waals surface area contributed by atoms with Gasteiger partial charge in [-0.2, -0.15) is 0 Å². The van der Waals surface area contributed by atoms with E-state index in [9.17, 15) is 4.79 Å². The minimum Gasteiger partial charge on any atom is -0.395 e. The lowest BCUT2D eigenvalue weighted by molar-refractivity contribution is -0.114. The molecule has 1 rings (SSSR count). The highest BCUT2D eigenvalue weighted by Crippen LogP contribution is 2.12. The van der Waals surface area contributed by atoms with Crippen LogP contribution in [-0.2, 0) is 4.79 Å². The molecule has 0 aromatic carbocycles. The molecule has 0 radical (unpaired) electrons. The SMILES string of the molecule is CN(CCO)c1ccc(NC(=O)CN)nc1. The van der Waals surface area contributed by atoms with E-state index in [0.717, 1.165) is 5.69 Å².